The maximum atomic E-state index is 12.5. The van der Waals surface area contributed by atoms with Crippen LogP contribution >= 0.6 is 11.8 Å². The van der Waals surface area contributed by atoms with Gasteiger partial charge in [-0.05, 0) is 75.4 Å². The first kappa shape index (κ1) is 30.1. The van der Waals surface area contributed by atoms with Gasteiger partial charge in [-0.2, -0.15) is 27.0 Å². The van der Waals surface area contributed by atoms with Crippen LogP contribution in [-0.4, -0.2) is 89.1 Å². The molecule has 0 saturated carbocycles. The van der Waals surface area contributed by atoms with E-state index in [0.717, 1.165) is 49.8 Å². The first-order valence-corrected chi connectivity index (χ1v) is 15.9. The van der Waals surface area contributed by atoms with Gasteiger partial charge in [-0.25, -0.2) is 0 Å². The second-order valence-electron chi connectivity index (χ2n) is 11.5. The topological polar surface area (TPSA) is 103 Å². The number of carbonyl (C=O) groups excluding carboxylic acids is 2. The molecule has 5 rings (SSSR count). The lowest BCUT2D eigenvalue weighted by molar-refractivity contribution is -0.128. The van der Waals surface area contributed by atoms with Gasteiger partial charge < -0.3 is 19.4 Å². The third-order valence-electron chi connectivity index (χ3n) is 8.88. The lowest BCUT2D eigenvalue weighted by atomic mass is 9.95. The number of hydrogen-bond donors (Lipinski definition) is 0. The maximum Gasteiger partial charge on any atom is 0.319 e. The zero-order chi connectivity index (χ0) is 29.6. The van der Waals surface area contributed by atoms with E-state index in [1.54, 1.807) is 4.90 Å². The van der Waals surface area contributed by atoms with Gasteiger partial charge in [0.1, 0.15) is 18.1 Å². The number of carbonyl (C=O) groups is 2. The summed E-state index contributed by atoms with van der Waals surface area (Å²) in [4.78, 5) is 40.5. The van der Waals surface area contributed by atoms with Crippen LogP contribution in [0.25, 0.3) is 0 Å². The van der Waals surface area contributed by atoms with Gasteiger partial charge in [0.05, 0.1) is 18.5 Å². The van der Waals surface area contributed by atoms with Crippen LogP contribution in [0.3, 0.4) is 0 Å². The molecule has 3 aliphatic rings. The van der Waals surface area contributed by atoms with Crippen molar-refractivity contribution in [1.82, 2.24) is 19.8 Å². The number of ether oxygens (including phenoxy) is 1. The Labute approximate surface area is 252 Å². The fraction of sp³-hybridized carbons (Fsp3) is 0.531. The average Bonchev–Trinajstić information content (AvgIpc) is 3.43. The SMILES string of the molecule is C=CC(=O)N1CCN(c2nc(OCC3CCCN3C)nc(C=O)c2CC[C@H]2Cc3c(C)cccc3CS2)CC1CC#N. The van der Waals surface area contributed by atoms with E-state index in [4.69, 9.17) is 9.72 Å². The average molecular weight is 589 g/mol. The Morgan fingerprint density at radius 1 is 1.26 bits per heavy atom. The number of aryl methyl sites for hydroxylation is 1. The molecule has 0 bridgehead atoms. The summed E-state index contributed by atoms with van der Waals surface area (Å²) in [6.07, 6.45) is 7.04. The van der Waals surface area contributed by atoms with Gasteiger partial charge in [0.2, 0.25) is 5.91 Å². The molecule has 2 fully saturated rings. The van der Waals surface area contributed by atoms with Crippen molar-refractivity contribution in [3.8, 4) is 12.1 Å². The third kappa shape index (κ3) is 6.63. The van der Waals surface area contributed by atoms with Gasteiger partial charge in [-0.1, -0.05) is 24.8 Å². The fourth-order valence-electron chi connectivity index (χ4n) is 6.40. The van der Waals surface area contributed by atoms with Crippen LogP contribution in [0.4, 0.5) is 5.82 Å². The molecule has 42 heavy (non-hydrogen) atoms. The highest BCUT2D eigenvalue weighted by atomic mass is 32.2. The zero-order valence-corrected chi connectivity index (χ0v) is 25.4. The van der Waals surface area contributed by atoms with Crippen molar-refractivity contribution >= 4 is 29.8 Å². The van der Waals surface area contributed by atoms with E-state index in [1.165, 1.54) is 22.8 Å². The molecule has 4 heterocycles. The van der Waals surface area contributed by atoms with Crippen LogP contribution in [0.15, 0.2) is 30.9 Å². The second kappa shape index (κ2) is 13.7. The van der Waals surface area contributed by atoms with Crippen molar-refractivity contribution in [3.05, 3.63) is 58.8 Å². The number of nitrogens with zero attached hydrogens (tertiary/aromatic N) is 6. The minimum absolute atomic E-state index is 0.180. The Kier molecular flexibility index (Phi) is 9.80. The molecule has 3 aliphatic heterocycles. The van der Waals surface area contributed by atoms with Crippen LogP contribution < -0.4 is 9.64 Å². The summed E-state index contributed by atoms with van der Waals surface area (Å²) in [6, 6.07) is 8.95. The van der Waals surface area contributed by atoms with E-state index in [9.17, 15) is 14.9 Å². The summed E-state index contributed by atoms with van der Waals surface area (Å²) in [5.41, 5.74) is 5.36. The Morgan fingerprint density at radius 3 is 2.86 bits per heavy atom. The van der Waals surface area contributed by atoms with E-state index < -0.39 is 0 Å². The lowest BCUT2D eigenvalue weighted by Gasteiger charge is -2.41. The van der Waals surface area contributed by atoms with Crippen molar-refractivity contribution in [2.45, 2.75) is 68.5 Å². The number of likely N-dealkylation sites (tertiary alicyclic amines) is 1. The first-order valence-electron chi connectivity index (χ1n) is 14.8. The molecule has 2 aromatic rings. The number of anilines is 1. The van der Waals surface area contributed by atoms with Crippen molar-refractivity contribution in [2.24, 2.45) is 0 Å². The highest BCUT2D eigenvalue weighted by Gasteiger charge is 2.33. The molecule has 0 spiro atoms. The molecular formula is C32H40N6O3S. The van der Waals surface area contributed by atoms with E-state index in [1.807, 2.05) is 11.8 Å². The molecule has 3 atom stereocenters. The van der Waals surface area contributed by atoms with Crippen molar-refractivity contribution in [1.29, 1.82) is 5.26 Å². The van der Waals surface area contributed by atoms with Crippen LogP contribution in [-0.2, 0) is 23.4 Å². The molecule has 1 aromatic heterocycles. The van der Waals surface area contributed by atoms with Crippen LogP contribution in [0.1, 0.15) is 58.4 Å². The van der Waals surface area contributed by atoms with Crippen molar-refractivity contribution in [3.63, 3.8) is 0 Å². The third-order valence-corrected chi connectivity index (χ3v) is 10.2. The van der Waals surface area contributed by atoms with Crippen molar-refractivity contribution in [2.75, 3.05) is 44.7 Å². The molecule has 0 aliphatic carbocycles. The van der Waals surface area contributed by atoms with Crippen LogP contribution in [0, 0.1) is 18.3 Å². The van der Waals surface area contributed by atoms with E-state index in [-0.39, 0.29) is 24.4 Å². The monoisotopic (exact) mass is 588 g/mol. The molecule has 1 aromatic carbocycles. The number of benzene rings is 1. The smallest absolute Gasteiger partial charge is 0.319 e. The highest BCUT2D eigenvalue weighted by Crippen LogP contribution is 2.36. The van der Waals surface area contributed by atoms with Crippen LogP contribution in [0.2, 0.25) is 0 Å². The molecule has 2 saturated heterocycles. The minimum atomic E-state index is -0.304. The maximum absolute atomic E-state index is 12.5. The van der Waals surface area contributed by atoms with Gasteiger partial charge in [0.25, 0.3) is 0 Å². The first-order chi connectivity index (χ1) is 20.4. The van der Waals surface area contributed by atoms with Gasteiger partial charge in [-0.15, -0.1) is 0 Å². The van der Waals surface area contributed by atoms with Crippen LogP contribution in [0.5, 0.6) is 6.01 Å². The summed E-state index contributed by atoms with van der Waals surface area (Å²) < 4.78 is 6.10. The number of aldehydes is 1. The summed E-state index contributed by atoms with van der Waals surface area (Å²) in [5.74, 6) is 1.48. The number of amides is 1. The van der Waals surface area contributed by atoms with Crippen molar-refractivity contribution < 1.29 is 14.3 Å². The number of thioether (sulfide) groups is 1. The van der Waals surface area contributed by atoms with E-state index in [2.05, 4.69) is 59.6 Å². The molecular weight excluding hydrogens is 548 g/mol. The van der Waals surface area contributed by atoms with Gasteiger partial charge in [-0.3, -0.25) is 9.59 Å². The predicted molar refractivity (Wildman–Crippen MR) is 165 cm³/mol. The number of likely N-dealkylation sites (N-methyl/N-ethyl adjacent to an activating group) is 1. The number of fused-ring (bicyclic) bond motifs is 1. The van der Waals surface area contributed by atoms with Gasteiger partial charge in [0.15, 0.2) is 6.29 Å². The molecule has 10 heteroatoms. The quantitative estimate of drug-likeness (QED) is 0.301. The predicted octanol–water partition coefficient (Wildman–Crippen LogP) is 3.98. The van der Waals surface area contributed by atoms with E-state index >= 15 is 0 Å². The molecule has 222 valence electrons. The fourth-order valence-corrected chi connectivity index (χ4v) is 7.66. The largest absolute Gasteiger partial charge is 0.462 e. The molecule has 9 nitrogen and oxygen atoms in total. The Bertz CT molecular complexity index is 1360. The molecule has 1 amide bonds. The van der Waals surface area contributed by atoms with Gasteiger partial charge >= 0.3 is 6.01 Å². The standard InChI is InChI=1S/C32H40N6O3S/c1-4-30(40)38-16-15-37(18-24(38)12-13-33)31-27(11-10-26-17-28-22(2)7-5-8-23(28)21-42-26)29(19-39)34-32(35-31)41-20-25-9-6-14-36(25)3/h4-5,7-8,19,24-26H,1,6,9-12,14-18,20-21H2,2-3H3/t24?,25?,26-/m0/s1. The van der Waals surface area contributed by atoms with Gasteiger partial charge in [0, 0.05) is 42.2 Å². The molecule has 0 radical (unpaired) electrons. The number of piperazine rings is 1. The summed E-state index contributed by atoms with van der Waals surface area (Å²) >= 11 is 1.97. The number of hydrogen-bond acceptors (Lipinski definition) is 9. The molecule has 0 N–H and O–H groups in total. The highest BCUT2D eigenvalue weighted by molar-refractivity contribution is 7.99. The summed E-state index contributed by atoms with van der Waals surface area (Å²) in [7, 11) is 2.09. The molecule has 2 unspecified atom stereocenters. The number of nitriles is 1. The normalized spacial score (nSPS) is 22.4. The zero-order valence-electron chi connectivity index (χ0n) is 24.6. The Morgan fingerprint density at radius 2 is 2.12 bits per heavy atom. The summed E-state index contributed by atoms with van der Waals surface area (Å²) in [5, 5.41) is 9.94. The second-order valence-corrected chi connectivity index (χ2v) is 12.8. The minimum Gasteiger partial charge on any atom is -0.462 e. The summed E-state index contributed by atoms with van der Waals surface area (Å²) in [6.45, 7) is 8.71. The Hall–Kier alpha value is -3.42. The number of rotatable bonds is 10. The van der Waals surface area contributed by atoms with E-state index in [0.29, 0.717) is 55.5 Å². The Balaban J connectivity index is 1.41. The number of aromatic nitrogens is 2. The lowest BCUT2D eigenvalue weighted by Crippen LogP contribution is -2.55.